The van der Waals surface area contributed by atoms with E-state index < -0.39 is 11.8 Å². The van der Waals surface area contributed by atoms with Crippen molar-refractivity contribution in [3.63, 3.8) is 0 Å². The van der Waals surface area contributed by atoms with Crippen LogP contribution in [0.3, 0.4) is 0 Å². The van der Waals surface area contributed by atoms with Crippen LogP contribution in [0.25, 0.3) is 10.9 Å². The third-order valence-electron chi connectivity index (χ3n) is 11.6. The van der Waals surface area contributed by atoms with Crippen molar-refractivity contribution in [3.05, 3.63) is 71.0 Å². The van der Waals surface area contributed by atoms with Gasteiger partial charge < -0.3 is 19.9 Å². The Bertz CT molecular complexity index is 2130. The molecule has 4 amide bonds. The average molecular weight is 783 g/mol. The summed E-state index contributed by atoms with van der Waals surface area (Å²) in [6.45, 7) is 4.80. The second-order valence-corrected chi connectivity index (χ2v) is 15.6. The van der Waals surface area contributed by atoms with Crippen LogP contribution in [0.4, 0.5) is 20.7 Å². The van der Waals surface area contributed by atoms with E-state index in [0.29, 0.717) is 44.5 Å². The number of hydrogen-bond acceptors (Lipinski definition) is 10. The van der Waals surface area contributed by atoms with E-state index in [-0.39, 0.29) is 43.0 Å². The third-order valence-corrected chi connectivity index (χ3v) is 11.9. The number of aromatic nitrogens is 4. The number of piperidine rings is 2. The van der Waals surface area contributed by atoms with Crippen LogP contribution in [0.15, 0.2) is 48.9 Å². The van der Waals surface area contributed by atoms with Crippen LogP contribution >= 0.6 is 11.6 Å². The van der Waals surface area contributed by atoms with Crippen molar-refractivity contribution in [2.24, 2.45) is 5.92 Å². The molecule has 2 aromatic heterocycles. The molecule has 4 aliphatic rings. The summed E-state index contributed by atoms with van der Waals surface area (Å²) in [4.78, 5) is 52.4. The van der Waals surface area contributed by atoms with Crippen molar-refractivity contribution in [2.45, 2.75) is 76.0 Å². The predicted octanol–water partition coefficient (Wildman–Crippen LogP) is 5.61. The van der Waals surface area contributed by atoms with E-state index in [9.17, 15) is 18.8 Å². The molecule has 3 saturated heterocycles. The Hall–Kier alpha value is -5.33. The van der Waals surface area contributed by atoms with Crippen LogP contribution in [0.2, 0.25) is 5.02 Å². The van der Waals surface area contributed by atoms with Crippen LogP contribution in [0, 0.1) is 23.1 Å². The molecule has 0 unspecified atom stereocenters. The lowest BCUT2D eigenvalue weighted by Crippen LogP contribution is -2.49. The number of anilines is 2. The number of carbonyl (C=O) groups excluding carboxylic acids is 3. The van der Waals surface area contributed by atoms with Gasteiger partial charge in [0.05, 0.1) is 52.5 Å². The van der Waals surface area contributed by atoms with Crippen molar-refractivity contribution in [1.82, 2.24) is 35.3 Å². The Labute approximate surface area is 328 Å². The molecule has 16 heteroatoms. The number of carbonyl (C=O) groups is 3. The molecule has 56 heavy (non-hydrogen) atoms. The van der Waals surface area contributed by atoms with Crippen LogP contribution in [-0.2, 0) is 4.79 Å². The number of amides is 4. The smallest absolute Gasteiger partial charge is 0.328 e. The fraction of sp³-hybridized carbons (Fsp3) is 0.475. The van der Waals surface area contributed by atoms with Gasteiger partial charge in [0.25, 0.3) is 5.91 Å². The van der Waals surface area contributed by atoms with Crippen molar-refractivity contribution < 1.29 is 23.5 Å². The Balaban J connectivity index is 0.768. The molecule has 0 bridgehead atoms. The summed E-state index contributed by atoms with van der Waals surface area (Å²) < 4.78 is 22.8. The van der Waals surface area contributed by atoms with Gasteiger partial charge in [-0.05, 0) is 81.5 Å². The summed E-state index contributed by atoms with van der Waals surface area (Å²) in [5, 5.41) is 20.2. The number of halogens is 2. The van der Waals surface area contributed by atoms with E-state index in [1.165, 1.54) is 17.0 Å². The number of rotatable bonds is 9. The molecule has 292 valence electrons. The second kappa shape index (κ2) is 16.4. The van der Waals surface area contributed by atoms with Gasteiger partial charge in [-0.2, -0.15) is 10.4 Å². The van der Waals surface area contributed by atoms with Gasteiger partial charge in [-0.15, -0.1) is 0 Å². The first-order valence-corrected chi connectivity index (χ1v) is 19.8. The molecule has 0 atom stereocenters. The predicted molar refractivity (Wildman–Crippen MR) is 207 cm³/mol. The minimum Gasteiger partial charge on any atom is -0.490 e. The van der Waals surface area contributed by atoms with Crippen molar-refractivity contribution in [2.75, 3.05) is 49.1 Å². The van der Waals surface area contributed by atoms with Crippen molar-refractivity contribution in [3.8, 4) is 11.8 Å². The minimum atomic E-state index is -0.544. The number of likely N-dealkylation sites (tertiary alicyclic amines) is 1. The fourth-order valence-electron chi connectivity index (χ4n) is 8.50. The molecule has 3 aliphatic heterocycles. The van der Waals surface area contributed by atoms with Crippen LogP contribution in [0.5, 0.6) is 5.75 Å². The fourth-order valence-corrected chi connectivity index (χ4v) is 8.71. The molecule has 4 aromatic rings. The lowest BCUT2D eigenvalue weighted by molar-refractivity contribution is -0.120. The van der Waals surface area contributed by atoms with Crippen LogP contribution in [0.1, 0.15) is 79.9 Å². The zero-order valence-corrected chi connectivity index (χ0v) is 31.8. The topological polar surface area (TPSA) is 162 Å². The Morgan fingerprint density at radius 1 is 0.964 bits per heavy atom. The molecule has 2 aromatic carbocycles. The number of nitrogens with zero attached hydrogens (tertiary/aromatic N) is 8. The maximum absolute atomic E-state index is 14.8. The summed E-state index contributed by atoms with van der Waals surface area (Å²) in [7, 11) is 0. The molecular formula is C40H44ClFN10O4. The van der Waals surface area contributed by atoms with Crippen LogP contribution in [-0.4, -0.2) is 93.9 Å². The monoisotopic (exact) mass is 782 g/mol. The number of fused-ring (bicyclic) bond motifs is 1. The standard InChI is InChI=1S/C40H44ClFN10O4/c41-33-19-31(4-1-26(33)20-43)56-30-5-2-28(3-6-30)47-39(54)34-22-45-37(23-44-34)50-14-7-25(8-15-50)24-49-12-9-29(10-13-49)52-36-18-27(42)17-35(32(36)21-46-52)51-16-11-38(53)48-40(51)55/h1,4,17-19,21-23,25,28-30H,2-3,5-16,24H2,(H,47,54)(H,48,53,55)/t28-,30-. The summed E-state index contributed by atoms with van der Waals surface area (Å²) in [5.74, 6) is 0.984. The first kappa shape index (κ1) is 37.6. The zero-order valence-electron chi connectivity index (χ0n) is 31.0. The SMILES string of the molecule is N#Cc1ccc(O[C@H]2CC[C@H](NC(=O)c3cnc(N4CCC(CN5CCC(n6ncc7c(N8CCC(=O)NC8=O)cc(F)cc76)CC5)CC4)cn3)CC2)cc1Cl. The number of urea groups is 1. The van der Waals surface area contributed by atoms with Gasteiger partial charge in [0.2, 0.25) is 5.91 Å². The van der Waals surface area contributed by atoms with E-state index in [2.05, 4.69) is 41.6 Å². The highest BCUT2D eigenvalue weighted by molar-refractivity contribution is 6.31. The number of nitrogens with one attached hydrogen (secondary N) is 2. The second-order valence-electron chi connectivity index (χ2n) is 15.2. The molecule has 8 rings (SSSR count). The molecule has 4 fully saturated rings. The number of hydrogen-bond donors (Lipinski definition) is 2. The normalized spacial score (nSPS) is 21.5. The highest BCUT2D eigenvalue weighted by atomic mass is 35.5. The summed E-state index contributed by atoms with van der Waals surface area (Å²) in [6.07, 6.45) is 12.2. The van der Waals surface area contributed by atoms with E-state index in [1.807, 2.05) is 4.68 Å². The number of benzene rings is 2. The summed E-state index contributed by atoms with van der Waals surface area (Å²) >= 11 is 6.14. The van der Waals surface area contributed by atoms with Crippen molar-refractivity contribution in [1.29, 1.82) is 5.26 Å². The zero-order chi connectivity index (χ0) is 38.8. The van der Waals surface area contributed by atoms with Crippen LogP contribution < -0.4 is 25.2 Å². The molecule has 0 spiro atoms. The largest absolute Gasteiger partial charge is 0.490 e. The number of imide groups is 1. The maximum atomic E-state index is 14.8. The quantitative estimate of drug-likeness (QED) is 0.218. The van der Waals surface area contributed by atoms with Crippen molar-refractivity contribution >= 4 is 51.9 Å². The average Bonchev–Trinajstić information content (AvgIpc) is 3.63. The molecular weight excluding hydrogens is 739 g/mol. The first-order chi connectivity index (χ1) is 27.2. The third kappa shape index (κ3) is 8.27. The molecule has 2 N–H and O–H groups in total. The lowest BCUT2D eigenvalue weighted by atomic mass is 9.93. The van der Waals surface area contributed by atoms with Gasteiger partial charge in [0.1, 0.15) is 29.1 Å². The lowest BCUT2D eigenvalue weighted by Gasteiger charge is -2.38. The molecule has 1 aliphatic carbocycles. The Kier molecular flexibility index (Phi) is 11.0. The van der Waals surface area contributed by atoms with Gasteiger partial charge >= 0.3 is 6.03 Å². The molecule has 1 saturated carbocycles. The molecule has 14 nitrogen and oxygen atoms in total. The number of ether oxygens (including phenoxy) is 1. The van der Waals surface area contributed by atoms with E-state index in [0.717, 1.165) is 89.9 Å². The maximum Gasteiger partial charge on any atom is 0.328 e. The van der Waals surface area contributed by atoms with Gasteiger partial charge in [-0.1, -0.05) is 11.6 Å². The summed E-state index contributed by atoms with van der Waals surface area (Å²) in [5.41, 5.74) is 1.81. The van der Waals surface area contributed by atoms with Gasteiger partial charge in [0, 0.05) is 63.2 Å². The first-order valence-electron chi connectivity index (χ1n) is 19.5. The van der Waals surface area contributed by atoms with Gasteiger partial charge in [-0.25, -0.2) is 19.2 Å². The molecule has 0 radical (unpaired) electrons. The molecule has 5 heterocycles. The van der Waals surface area contributed by atoms with E-state index in [1.54, 1.807) is 36.8 Å². The Morgan fingerprint density at radius 3 is 2.45 bits per heavy atom. The summed E-state index contributed by atoms with van der Waals surface area (Å²) in [6, 6.07) is 9.57. The van der Waals surface area contributed by atoms with E-state index >= 15 is 0 Å². The number of nitriles is 1. The highest BCUT2D eigenvalue weighted by Gasteiger charge is 2.30. The van der Waals surface area contributed by atoms with Gasteiger partial charge in [0.15, 0.2) is 0 Å². The highest BCUT2D eigenvalue weighted by Crippen LogP contribution is 2.34. The minimum absolute atomic E-state index is 0.0218. The van der Waals surface area contributed by atoms with E-state index in [4.69, 9.17) is 21.6 Å². The Morgan fingerprint density at radius 2 is 1.75 bits per heavy atom. The van der Waals surface area contributed by atoms with Gasteiger partial charge in [-0.3, -0.25) is 24.5 Å².